The molecule has 1 saturated carbocycles. The fourth-order valence-electron chi connectivity index (χ4n) is 6.34. The van der Waals surface area contributed by atoms with E-state index in [0.29, 0.717) is 54.5 Å². The smallest absolute Gasteiger partial charge is 0.407 e. The highest BCUT2D eigenvalue weighted by Crippen LogP contribution is 2.51. The highest BCUT2D eigenvalue weighted by atomic mass is 35.5. The fourth-order valence-corrected chi connectivity index (χ4v) is 6.68. The Morgan fingerprint density at radius 2 is 1.88 bits per heavy atom. The van der Waals surface area contributed by atoms with Gasteiger partial charge in [0.25, 0.3) is 0 Å². The lowest BCUT2D eigenvalue weighted by Gasteiger charge is -2.34. The molecule has 0 radical (unpaired) electrons. The van der Waals surface area contributed by atoms with Gasteiger partial charge in [-0.3, -0.25) is 0 Å². The number of amides is 1. The number of anilines is 1. The number of fused-ring (bicyclic) bond motifs is 3. The zero-order chi connectivity index (χ0) is 27.4. The van der Waals surface area contributed by atoms with Crippen molar-refractivity contribution in [3.8, 4) is 11.8 Å². The monoisotopic (exact) mass is 564 g/mol. The second-order valence-electron chi connectivity index (χ2n) is 11.3. The van der Waals surface area contributed by atoms with Gasteiger partial charge in [-0.1, -0.05) is 41.9 Å². The molecule has 40 heavy (non-hydrogen) atoms. The molecular weight excluding hydrogens is 532 g/mol. The Morgan fingerprint density at radius 3 is 2.55 bits per heavy atom. The molecular formula is C30H33ClN4O5. The standard InChI is InChI=1S/C30H33ClN4O5/c1-17(18-5-3-2-4-6-18)39-27-25(31)23(19-7-8-19)14-24-26(27)32-29(40-22-9-11-38-12-10-22)33-28(24)34-15-21-13-20(34)16-35(21)30(36)37/h2-6,14,17,19-22H,7-13,15-16H2,1H3,(H,36,37)/t17-,20-,21-/m0/s1. The fraction of sp³-hybridized carbons (Fsp3) is 0.500. The Kier molecular flexibility index (Phi) is 6.59. The summed E-state index contributed by atoms with van der Waals surface area (Å²) < 4.78 is 18.5. The topological polar surface area (TPSA) is 97.3 Å². The van der Waals surface area contributed by atoms with Crippen LogP contribution in [-0.4, -0.2) is 70.6 Å². The molecule has 1 aromatic heterocycles. The van der Waals surface area contributed by atoms with Gasteiger partial charge < -0.3 is 29.1 Å². The van der Waals surface area contributed by atoms with Gasteiger partial charge in [-0.15, -0.1) is 0 Å². The summed E-state index contributed by atoms with van der Waals surface area (Å²) in [5.41, 5.74) is 2.73. The molecule has 1 aliphatic carbocycles. The van der Waals surface area contributed by atoms with Crippen LogP contribution in [0.15, 0.2) is 36.4 Å². The highest BCUT2D eigenvalue weighted by Gasteiger charge is 2.47. The van der Waals surface area contributed by atoms with Gasteiger partial charge in [0.1, 0.15) is 23.5 Å². The van der Waals surface area contributed by atoms with Crippen molar-refractivity contribution in [1.29, 1.82) is 0 Å². The number of benzene rings is 2. The van der Waals surface area contributed by atoms with Crippen molar-refractivity contribution in [2.24, 2.45) is 0 Å². The normalized spacial score (nSPS) is 23.6. The molecule has 10 heteroatoms. The Morgan fingerprint density at radius 1 is 1.10 bits per heavy atom. The number of aromatic nitrogens is 2. The maximum Gasteiger partial charge on any atom is 0.407 e. The van der Waals surface area contributed by atoms with Crippen molar-refractivity contribution in [1.82, 2.24) is 14.9 Å². The molecule has 7 rings (SSSR count). The average molecular weight is 565 g/mol. The molecule has 210 valence electrons. The number of carbonyl (C=O) groups is 1. The van der Waals surface area contributed by atoms with Gasteiger partial charge in [-0.05, 0) is 49.3 Å². The van der Waals surface area contributed by atoms with E-state index in [-0.39, 0.29) is 24.3 Å². The molecule has 1 amide bonds. The molecule has 2 bridgehead atoms. The molecule has 0 unspecified atom stereocenters. The third-order valence-corrected chi connectivity index (χ3v) is 9.04. The van der Waals surface area contributed by atoms with Gasteiger partial charge in [0.05, 0.1) is 30.3 Å². The summed E-state index contributed by atoms with van der Waals surface area (Å²) in [4.78, 5) is 25.5. The molecule has 4 aliphatic rings. The van der Waals surface area contributed by atoms with E-state index >= 15 is 0 Å². The van der Waals surface area contributed by atoms with Gasteiger partial charge in [-0.2, -0.15) is 9.97 Å². The van der Waals surface area contributed by atoms with Crippen molar-refractivity contribution in [3.63, 3.8) is 0 Å². The molecule has 3 aromatic rings. The summed E-state index contributed by atoms with van der Waals surface area (Å²) in [6.07, 6.45) is 3.35. The van der Waals surface area contributed by atoms with Gasteiger partial charge >= 0.3 is 12.1 Å². The van der Waals surface area contributed by atoms with Crippen molar-refractivity contribution in [3.05, 3.63) is 52.5 Å². The molecule has 3 aliphatic heterocycles. The van der Waals surface area contributed by atoms with Crippen LogP contribution in [0, 0.1) is 0 Å². The van der Waals surface area contributed by atoms with E-state index in [2.05, 4.69) is 11.0 Å². The van der Waals surface area contributed by atoms with E-state index in [9.17, 15) is 9.90 Å². The minimum atomic E-state index is -0.864. The number of hydrogen-bond donors (Lipinski definition) is 1. The lowest BCUT2D eigenvalue weighted by Crippen LogP contribution is -2.48. The van der Waals surface area contributed by atoms with Crippen LogP contribution in [0.25, 0.3) is 10.9 Å². The first-order valence-electron chi connectivity index (χ1n) is 14.2. The van der Waals surface area contributed by atoms with Crippen LogP contribution in [0.5, 0.6) is 11.8 Å². The first kappa shape index (κ1) is 25.7. The average Bonchev–Trinajstić information content (AvgIpc) is 3.61. The molecule has 1 N–H and O–H groups in total. The van der Waals surface area contributed by atoms with E-state index in [1.54, 1.807) is 4.90 Å². The Bertz CT molecular complexity index is 1430. The third kappa shape index (κ3) is 4.69. The number of carboxylic acid groups (broad SMARTS) is 1. The zero-order valence-electron chi connectivity index (χ0n) is 22.5. The maximum absolute atomic E-state index is 11.8. The van der Waals surface area contributed by atoms with E-state index in [1.165, 1.54) is 0 Å². The summed E-state index contributed by atoms with van der Waals surface area (Å²) in [6.45, 7) is 4.34. The second kappa shape index (κ2) is 10.3. The number of ether oxygens (including phenoxy) is 3. The molecule has 2 aromatic carbocycles. The van der Waals surface area contributed by atoms with Gasteiger partial charge in [0, 0.05) is 31.3 Å². The Labute approximate surface area is 238 Å². The largest absolute Gasteiger partial charge is 0.482 e. The van der Waals surface area contributed by atoms with Crippen molar-refractivity contribution in [2.45, 2.75) is 69.2 Å². The highest BCUT2D eigenvalue weighted by molar-refractivity contribution is 6.34. The summed E-state index contributed by atoms with van der Waals surface area (Å²) in [5.74, 6) is 1.70. The van der Waals surface area contributed by atoms with E-state index < -0.39 is 6.09 Å². The maximum atomic E-state index is 11.8. The van der Waals surface area contributed by atoms with Crippen LogP contribution >= 0.6 is 11.6 Å². The molecule has 4 fully saturated rings. The van der Waals surface area contributed by atoms with Crippen molar-refractivity contribution in [2.75, 3.05) is 31.2 Å². The lowest BCUT2D eigenvalue weighted by molar-refractivity contribution is 0.0218. The van der Waals surface area contributed by atoms with E-state index in [1.807, 2.05) is 37.3 Å². The first-order valence-corrected chi connectivity index (χ1v) is 14.6. The lowest BCUT2D eigenvalue weighted by atomic mass is 10.0. The summed E-state index contributed by atoms with van der Waals surface area (Å²) in [5, 5.41) is 11.1. The number of halogens is 1. The van der Waals surface area contributed by atoms with Crippen molar-refractivity contribution >= 4 is 34.4 Å². The first-order chi connectivity index (χ1) is 19.5. The predicted octanol–water partition coefficient (Wildman–Crippen LogP) is 5.80. The molecule has 9 nitrogen and oxygen atoms in total. The van der Waals surface area contributed by atoms with Crippen LogP contribution in [0.3, 0.4) is 0 Å². The number of nitrogens with zero attached hydrogens (tertiary/aromatic N) is 4. The van der Waals surface area contributed by atoms with Crippen LogP contribution in [-0.2, 0) is 4.74 Å². The second-order valence-corrected chi connectivity index (χ2v) is 11.7. The quantitative estimate of drug-likeness (QED) is 0.384. The molecule has 3 saturated heterocycles. The zero-order valence-corrected chi connectivity index (χ0v) is 23.2. The van der Waals surface area contributed by atoms with Crippen LogP contribution < -0.4 is 14.4 Å². The van der Waals surface area contributed by atoms with E-state index in [4.69, 9.17) is 35.8 Å². The SMILES string of the molecule is C[C@H](Oc1c(Cl)c(C2CC2)cc2c(N3C[C@@H]4C[C@H]3CN4C(=O)O)nc(OC3CCOCC3)nc12)c1ccccc1. The van der Waals surface area contributed by atoms with Crippen LogP contribution in [0.2, 0.25) is 5.02 Å². The molecule has 3 atom stereocenters. The Hall–Kier alpha value is -3.30. The van der Waals surface area contributed by atoms with E-state index in [0.717, 1.165) is 54.4 Å². The van der Waals surface area contributed by atoms with Gasteiger partial charge in [0.2, 0.25) is 0 Å². The number of piperazine rings is 1. The molecule has 4 heterocycles. The predicted molar refractivity (Wildman–Crippen MR) is 151 cm³/mol. The number of hydrogen-bond acceptors (Lipinski definition) is 7. The summed E-state index contributed by atoms with van der Waals surface area (Å²) in [6, 6.07) is 12.5. The van der Waals surface area contributed by atoms with Crippen LogP contribution in [0.1, 0.15) is 62.2 Å². The minimum absolute atomic E-state index is 0.0367. The van der Waals surface area contributed by atoms with Crippen LogP contribution in [0.4, 0.5) is 10.6 Å². The molecule has 0 spiro atoms. The summed E-state index contributed by atoms with van der Waals surface area (Å²) >= 11 is 7.10. The van der Waals surface area contributed by atoms with Gasteiger partial charge in [0.15, 0.2) is 5.75 Å². The number of rotatable bonds is 7. The Balaban J connectivity index is 1.35. The van der Waals surface area contributed by atoms with Gasteiger partial charge in [-0.25, -0.2) is 4.79 Å². The minimum Gasteiger partial charge on any atom is -0.482 e. The van der Waals surface area contributed by atoms with Crippen molar-refractivity contribution < 1.29 is 24.1 Å². The summed E-state index contributed by atoms with van der Waals surface area (Å²) in [7, 11) is 0. The third-order valence-electron chi connectivity index (χ3n) is 8.65. The number of likely N-dealkylation sites (tertiary alicyclic amines) is 1.